The average molecular weight is 371 g/mol. The Bertz CT molecular complexity index is 673. The van der Waals surface area contributed by atoms with Crippen molar-refractivity contribution < 1.29 is 13.2 Å². The number of rotatable bonds is 4. The van der Waals surface area contributed by atoms with Crippen LogP contribution in [0.15, 0.2) is 6.07 Å². The van der Waals surface area contributed by atoms with Crippen molar-refractivity contribution in [3.8, 4) is 0 Å². The van der Waals surface area contributed by atoms with Gasteiger partial charge >= 0.3 is 0 Å². The molecule has 0 radical (unpaired) electrons. The molecule has 24 heavy (non-hydrogen) atoms. The van der Waals surface area contributed by atoms with E-state index in [1.807, 2.05) is 4.90 Å². The zero-order valence-corrected chi connectivity index (χ0v) is 15.8. The first-order chi connectivity index (χ1) is 11.4. The molecule has 1 unspecified atom stereocenters. The Morgan fingerprint density at radius 2 is 2.04 bits per heavy atom. The fourth-order valence-electron chi connectivity index (χ4n) is 3.64. The zero-order valence-electron chi connectivity index (χ0n) is 14.2. The van der Waals surface area contributed by atoms with Crippen LogP contribution < -0.4 is 4.72 Å². The van der Waals surface area contributed by atoms with Gasteiger partial charge in [0, 0.05) is 24.0 Å². The average Bonchev–Trinajstić information content (AvgIpc) is 2.83. The highest BCUT2D eigenvalue weighted by molar-refractivity contribution is 7.88. The topological polar surface area (TPSA) is 66.5 Å². The third-order valence-electron chi connectivity index (χ3n) is 4.93. The van der Waals surface area contributed by atoms with Crippen LogP contribution in [0.1, 0.15) is 58.6 Å². The number of nitrogens with one attached hydrogen (secondary N) is 1. The Morgan fingerprint density at radius 3 is 2.83 bits per heavy atom. The lowest BCUT2D eigenvalue weighted by atomic mass is 10.0. The number of fused-ring (bicyclic) bond motifs is 1. The first-order valence-corrected chi connectivity index (χ1v) is 11.5. The standard InChI is InChI=1S/C17H26N2O3S2/c1-24(21,22)18-12-14-8-5-6-10-19(14)17(20)16-11-13-7-3-2-4-9-15(13)23-16/h11,14,18H,2-10,12H2,1H3. The number of thiophene rings is 1. The summed E-state index contributed by atoms with van der Waals surface area (Å²) in [5.74, 6) is 0.0769. The number of amides is 1. The molecule has 1 aliphatic heterocycles. The maximum absolute atomic E-state index is 13.0. The molecule has 0 spiro atoms. The predicted molar refractivity (Wildman–Crippen MR) is 97.1 cm³/mol. The van der Waals surface area contributed by atoms with E-state index in [4.69, 9.17) is 0 Å². The third kappa shape index (κ3) is 4.37. The van der Waals surface area contributed by atoms with Gasteiger partial charge in [-0.2, -0.15) is 0 Å². The van der Waals surface area contributed by atoms with Gasteiger partial charge in [-0.1, -0.05) is 6.42 Å². The van der Waals surface area contributed by atoms with Crippen molar-refractivity contribution >= 4 is 27.3 Å². The molecule has 1 N–H and O–H groups in total. The van der Waals surface area contributed by atoms with Gasteiger partial charge in [-0.25, -0.2) is 13.1 Å². The van der Waals surface area contributed by atoms with Gasteiger partial charge in [0.2, 0.25) is 10.0 Å². The molecule has 1 aromatic rings. The van der Waals surface area contributed by atoms with Crippen LogP contribution in [0.3, 0.4) is 0 Å². The number of nitrogens with zero attached hydrogens (tertiary/aromatic N) is 1. The largest absolute Gasteiger partial charge is 0.334 e. The molecule has 0 bridgehead atoms. The maximum Gasteiger partial charge on any atom is 0.264 e. The lowest BCUT2D eigenvalue weighted by Gasteiger charge is -2.35. The molecule has 1 fully saturated rings. The monoisotopic (exact) mass is 370 g/mol. The van der Waals surface area contributed by atoms with Crippen molar-refractivity contribution in [1.82, 2.24) is 9.62 Å². The minimum absolute atomic E-state index is 0.0390. The van der Waals surface area contributed by atoms with E-state index in [0.29, 0.717) is 6.54 Å². The fourth-order valence-corrected chi connectivity index (χ4v) is 5.35. The second-order valence-electron chi connectivity index (χ2n) is 6.89. The number of carbonyl (C=O) groups excluding carboxylic acids is 1. The van der Waals surface area contributed by atoms with E-state index >= 15 is 0 Å². The predicted octanol–water partition coefficient (Wildman–Crippen LogP) is 2.56. The summed E-state index contributed by atoms with van der Waals surface area (Å²) in [4.78, 5) is 17.1. The van der Waals surface area contributed by atoms with Crippen LogP contribution in [0, 0.1) is 0 Å². The molecule has 0 aromatic carbocycles. The van der Waals surface area contributed by atoms with E-state index in [1.54, 1.807) is 11.3 Å². The Hall–Kier alpha value is -0.920. The van der Waals surface area contributed by atoms with Gasteiger partial charge in [-0.05, 0) is 56.6 Å². The molecule has 1 amide bonds. The van der Waals surface area contributed by atoms with E-state index in [9.17, 15) is 13.2 Å². The molecule has 1 aromatic heterocycles. The quantitative estimate of drug-likeness (QED) is 0.829. The molecule has 1 aliphatic carbocycles. The molecular weight excluding hydrogens is 344 g/mol. The third-order valence-corrected chi connectivity index (χ3v) is 6.84. The normalized spacial score (nSPS) is 22.0. The van der Waals surface area contributed by atoms with Gasteiger partial charge in [-0.3, -0.25) is 4.79 Å². The summed E-state index contributed by atoms with van der Waals surface area (Å²) in [6.07, 6.45) is 9.93. The van der Waals surface area contributed by atoms with Crippen molar-refractivity contribution in [3.63, 3.8) is 0 Å². The highest BCUT2D eigenvalue weighted by atomic mass is 32.2. The Morgan fingerprint density at radius 1 is 1.25 bits per heavy atom. The van der Waals surface area contributed by atoms with Crippen LogP contribution in [0.2, 0.25) is 0 Å². The molecule has 7 heteroatoms. The lowest BCUT2D eigenvalue weighted by Crippen LogP contribution is -2.49. The van der Waals surface area contributed by atoms with Crippen molar-refractivity contribution in [1.29, 1.82) is 0 Å². The number of carbonyl (C=O) groups is 1. The van der Waals surface area contributed by atoms with E-state index in [0.717, 1.165) is 49.8 Å². The second-order valence-corrected chi connectivity index (χ2v) is 9.86. The smallest absolute Gasteiger partial charge is 0.264 e. The van der Waals surface area contributed by atoms with E-state index in [2.05, 4.69) is 10.8 Å². The van der Waals surface area contributed by atoms with E-state index in [-0.39, 0.29) is 11.9 Å². The number of piperidine rings is 1. The molecule has 1 saturated heterocycles. The van der Waals surface area contributed by atoms with Gasteiger partial charge in [-0.15, -0.1) is 11.3 Å². The highest BCUT2D eigenvalue weighted by Gasteiger charge is 2.29. The number of hydrogen-bond acceptors (Lipinski definition) is 4. The van der Waals surface area contributed by atoms with Crippen LogP contribution in [-0.4, -0.2) is 44.6 Å². The first kappa shape index (κ1) is 17.9. The van der Waals surface area contributed by atoms with Crippen LogP contribution in [0.25, 0.3) is 0 Å². The molecule has 2 aliphatic rings. The zero-order chi connectivity index (χ0) is 17.2. The van der Waals surface area contributed by atoms with Crippen LogP contribution in [0.4, 0.5) is 0 Å². The van der Waals surface area contributed by atoms with Crippen LogP contribution in [0.5, 0.6) is 0 Å². The van der Waals surface area contributed by atoms with Gasteiger partial charge in [0.1, 0.15) is 0 Å². The summed E-state index contributed by atoms with van der Waals surface area (Å²) in [5.41, 5.74) is 1.35. The molecule has 5 nitrogen and oxygen atoms in total. The SMILES string of the molecule is CS(=O)(=O)NCC1CCCCN1C(=O)c1cc2c(s1)CCCCC2. The van der Waals surface area contributed by atoms with Crippen molar-refractivity contribution in [2.45, 2.75) is 57.4 Å². The first-order valence-electron chi connectivity index (χ1n) is 8.81. The maximum atomic E-state index is 13.0. The van der Waals surface area contributed by atoms with E-state index < -0.39 is 10.0 Å². The Kier molecular flexibility index (Phi) is 5.62. The van der Waals surface area contributed by atoms with Gasteiger partial charge in [0.05, 0.1) is 11.1 Å². The summed E-state index contributed by atoms with van der Waals surface area (Å²) in [6, 6.07) is 2.05. The van der Waals surface area contributed by atoms with Crippen LogP contribution in [-0.2, 0) is 22.9 Å². The van der Waals surface area contributed by atoms with Crippen LogP contribution >= 0.6 is 11.3 Å². The van der Waals surface area contributed by atoms with Gasteiger partial charge in [0.25, 0.3) is 5.91 Å². The molecule has 134 valence electrons. The summed E-state index contributed by atoms with van der Waals surface area (Å²) < 4.78 is 25.3. The van der Waals surface area contributed by atoms with Gasteiger partial charge in [0.15, 0.2) is 0 Å². The second kappa shape index (κ2) is 7.54. The molecule has 3 rings (SSSR count). The van der Waals surface area contributed by atoms with Crippen molar-refractivity contribution in [2.24, 2.45) is 0 Å². The Balaban J connectivity index is 1.74. The lowest BCUT2D eigenvalue weighted by molar-refractivity contribution is 0.0624. The summed E-state index contributed by atoms with van der Waals surface area (Å²) in [7, 11) is -3.23. The molecule has 2 heterocycles. The summed E-state index contributed by atoms with van der Waals surface area (Å²) in [5, 5.41) is 0. The number of likely N-dealkylation sites (tertiary alicyclic amines) is 1. The number of sulfonamides is 1. The minimum atomic E-state index is -3.23. The van der Waals surface area contributed by atoms with Gasteiger partial charge < -0.3 is 4.90 Å². The molecular formula is C17H26N2O3S2. The number of hydrogen-bond donors (Lipinski definition) is 1. The summed E-state index contributed by atoms with van der Waals surface area (Å²) >= 11 is 1.65. The fraction of sp³-hybridized carbons (Fsp3) is 0.706. The summed E-state index contributed by atoms with van der Waals surface area (Å²) in [6.45, 7) is 1.03. The number of aryl methyl sites for hydroxylation is 2. The van der Waals surface area contributed by atoms with Crippen molar-refractivity contribution in [2.75, 3.05) is 19.3 Å². The highest BCUT2D eigenvalue weighted by Crippen LogP contribution is 2.31. The van der Waals surface area contributed by atoms with E-state index in [1.165, 1.54) is 29.7 Å². The molecule has 0 saturated carbocycles. The molecule has 1 atom stereocenters. The van der Waals surface area contributed by atoms with Crippen molar-refractivity contribution in [3.05, 3.63) is 21.4 Å². The minimum Gasteiger partial charge on any atom is -0.334 e. The Labute approximate surface area is 148 Å².